The number of hydrogen-bond donors (Lipinski definition) is 3. The second-order valence-corrected chi connectivity index (χ2v) is 9.52. The molecular formula is C26H24N4O4S. The number of carbonyl (C=O) groups is 1. The number of anilines is 1. The lowest BCUT2D eigenvalue weighted by Gasteiger charge is -2.11. The third-order valence-corrected chi connectivity index (χ3v) is 6.70. The normalized spacial score (nSPS) is 11.7. The van der Waals surface area contributed by atoms with E-state index in [1.807, 2.05) is 25.1 Å². The maximum Gasteiger partial charge on any atom is 0.259 e. The van der Waals surface area contributed by atoms with Crippen LogP contribution >= 0.6 is 0 Å². The van der Waals surface area contributed by atoms with Crippen LogP contribution in [0.4, 0.5) is 17.1 Å². The first kappa shape index (κ1) is 24.1. The van der Waals surface area contributed by atoms with Crippen molar-refractivity contribution in [2.45, 2.75) is 18.2 Å². The van der Waals surface area contributed by atoms with Crippen molar-refractivity contribution < 1.29 is 18.3 Å². The quantitative estimate of drug-likeness (QED) is 0.267. The molecule has 35 heavy (non-hydrogen) atoms. The fourth-order valence-corrected chi connectivity index (χ4v) is 4.57. The summed E-state index contributed by atoms with van der Waals surface area (Å²) in [5.74, 6) is -0.783. The van der Waals surface area contributed by atoms with Gasteiger partial charge in [-0.05, 0) is 54.3 Å². The lowest BCUT2D eigenvalue weighted by Crippen LogP contribution is -2.24. The SMILES string of the molecule is CCCNS(=O)(=O)c1ccc(N=Nc2c(O)c(C(=O)Nc3ccccc3)cc3ccccc23)cc1. The van der Waals surface area contributed by atoms with Gasteiger partial charge in [0.05, 0.1) is 16.1 Å². The van der Waals surface area contributed by atoms with E-state index in [4.69, 9.17) is 0 Å². The predicted molar refractivity (Wildman–Crippen MR) is 136 cm³/mol. The third-order valence-electron chi connectivity index (χ3n) is 5.23. The highest BCUT2D eigenvalue weighted by atomic mass is 32.2. The van der Waals surface area contributed by atoms with E-state index >= 15 is 0 Å². The molecule has 4 aromatic carbocycles. The number of nitrogens with one attached hydrogen (secondary N) is 2. The van der Waals surface area contributed by atoms with Crippen LogP contribution in [0, 0.1) is 0 Å². The Balaban J connectivity index is 1.67. The summed E-state index contributed by atoms with van der Waals surface area (Å²) in [5.41, 5.74) is 1.19. The van der Waals surface area contributed by atoms with E-state index < -0.39 is 15.9 Å². The van der Waals surface area contributed by atoms with Crippen molar-refractivity contribution in [1.29, 1.82) is 0 Å². The van der Waals surface area contributed by atoms with Gasteiger partial charge in [0.25, 0.3) is 5.91 Å². The average Bonchev–Trinajstić information content (AvgIpc) is 2.87. The number of benzene rings is 4. The van der Waals surface area contributed by atoms with Crippen molar-refractivity contribution in [2.24, 2.45) is 10.2 Å². The lowest BCUT2D eigenvalue weighted by atomic mass is 10.0. The van der Waals surface area contributed by atoms with Gasteiger partial charge in [0, 0.05) is 17.6 Å². The number of phenols is 1. The Hall–Kier alpha value is -4.08. The molecule has 0 fully saturated rings. The Morgan fingerprint density at radius 3 is 2.31 bits per heavy atom. The predicted octanol–water partition coefficient (Wildman–Crippen LogP) is 5.90. The number of aromatic hydroxyl groups is 1. The van der Waals surface area contributed by atoms with Crippen molar-refractivity contribution >= 4 is 43.8 Å². The van der Waals surface area contributed by atoms with Crippen LogP contribution in [-0.4, -0.2) is 26.0 Å². The van der Waals surface area contributed by atoms with Crippen molar-refractivity contribution in [1.82, 2.24) is 4.72 Å². The Morgan fingerprint density at radius 2 is 1.60 bits per heavy atom. The minimum Gasteiger partial charge on any atom is -0.505 e. The first-order chi connectivity index (χ1) is 16.9. The number of azo groups is 1. The fourth-order valence-electron chi connectivity index (χ4n) is 3.43. The molecule has 1 amide bonds. The van der Waals surface area contributed by atoms with Gasteiger partial charge in [-0.15, -0.1) is 5.11 Å². The fraction of sp³-hybridized carbons (Fsp3) is 0.115. The van der Waals surface area contributed by atoms with E-state index in [2.05, 4.69) is 20.3 Å². The molecule has 9 heteroatoms. The van der Waals surface area contributed by atoms with Crippen LogP contribution in [-0.2, 0) is 10.0 Å². The van der Waals surface area contributed by atoms with E-state index in [9.17, 15) is 18.3 Å². The van der Waals surface area contributed by atoms with Gasteiger partial charge in [-0.1, -0.05) is 49.4 Å². The van der Waals surface area contributed by atoms with Crippen molar-refractivity contribution in [3.63, 3.8) is 0 Å². The Morgan fingerprint density at radius 1 is 0.914 bits per heavy atom. The zero-order valence-corrected chi connectivity index (χ0v) is 19.8. The molecule has 0 aliphatic rings. The number of hydrogen-bond acceptors (Lipinski definition) is 6. The monoisotopic (exact) mass is 488 g/mol. The molecule has 0 atom stereocenters. The number of para-hydroxylation sites is 1. The van der Waals surface area contributed by atoms with Crippen LogP contribution in [0.25, 0.3) is 10.8 Å². The topological polar surface area (TPSA) is 120 Å². The standard InChI is InChI=1S/C26H24N4O4S/c1-2-16-27-35(33,34)21-14-12-20(13-15-21)29-30-24-22-11-7-6-8-18(22)17-23(25(24)31)26(32)28-19-9-4-3-5-10-19/h3-15,17,27,31H,2,16H2,1H3,(H,28,32). The Bertz CT molecular complexity index is 1490. The van der Waals surface area contributed by atoms with Gasteiger partial charge in [0.2, 0.25) is 10.0 Å². The summed E-state index contributed by atoms with van der Waals surface area (Å²) in [6.45, 7) is 2.23. The second kappa shape index (κ2) is 10.5. The van der Waals surface area contributed by atoms with E-state index in [-0.39, 0.29) is 21.9 Å². The summed E-state index contributed by atoms with van der Waals surface area (Å²) >= 11 is 0. The summed E-state index contributed by atoms with van der Waals surface area (Å²) in [4.78, 5) is 13.0. The molecule has 4 rings (SSSR count). The summed E-state index contributed by atoms with van der Waals surface area (Å²) < 4.78 is 27.0. The van der Waals surface area contributed by atoms with Crippen LogP contribution < -0.4 is 10.0 Å². The van der Waals surface area contributed by atoms with Crippen molar-refractivity contribution in [3.05, 3.63) is 90.5 Å². The zero-order valence-electron chi connectivity index (χ0n) is 19.0. The van der Waals surface area contributed by atoms with Gasteiger partial charge in [-0.3, -0.25) is 4.79 Å². The molecule has 0 unspecified atom stereocenters. The molecule has 4 aromatic rings. The van der Waals surface area contributed by atoms with Gasteiger partial charge < -0.3 is 10.4 Å². The molecule has 0 aliphatic heterocycles. The molecule has 0 bridgehead atoms. The number of carbonyl (C=O) groups excluding carboxylic acids is 1. The maximum atomic E-state index is 12.9. The minimum atomic E-state index is -3.59. The van der Waals surface area contributed by atoms with Gasteiger partial charge in [0.15, 0.2) is 5.75 Å². The number of nitrogens with zero attached hydrogens (tertiary/aromatic N) is 2. The van der Waals surface area contributed by atoms with Crippen LogP contribution in [0.5, 0.6) is 5.75 Å². The number of phenolic OH excluding ortho intramolecular Hbond substituents is 1. The molecular weight excluding hydrogens is 464 g/mol. The van der Waals surface area contributed by atoms with E-state index in [1.165, 1.54) is 24.3 Å². The zero-order chi connectivity index (χ0) is 24.8. The molecule has 0 aromatic heterocycles. The van der Waals surface area contributed by atoms with Crippen LogP contribution in [0.3, 0.4) is 0 Å². The Kier molecular flexibility index (Phi) is 7.19. The first-order valence-electron chi connectivity index (χ1n) is 11.0. The number of amides is 1. The Labute approximate surface area is 203 Å². The van der Waals surface area contributed by atoms with Crippen molar-refractivity contribution in [3.8, 4) is 5.75 Å². The van der Waals surface area contributed by atoms with Crippen molar-refractivity contribution in [2.75, 3.05) is 11.9 Å². The molecule has 3 N–H and O–H groups in total. The maximum absolute atomic E-state index is 12.9. The largest absolute Gasteiger partial charge is 0.505 e. The molecule has 0 saturated carbocycles. The van der Waals surface area contributed by atoms with Crippen LogP contribution in [0.15, 0.2) is 100 Å². The molecule has 178 valence electrons. The third kappa shape index (κ3) is 5.53. The number of rotatable bonds is 8. The molecule has 0 saturated heterocycles. The molecule has 0 aliphatic carbocycles. The summed E-state index contributed by atoms with van der Waals surface area (Å²) in [7, 11) is -3.59. The van der Waals surface area contributed by atoms with Crippen LogP contribution in [0.1, 0.15) is 23.7 Å². The van der Waals surface area contributed by atoms with Gasteiger partial charge in [0.1, 0.15) is 5.69 Å². The first-order valence-corrected chi connectivity index (χ1v) is 12.5. The van der Waals surface area contributed by atoms with E-state index in [0.717, 1.165) is 0 Å². The summed E-state index contributed by atoms with van der Waals surface area (Å²) in [6, 6.07) is 23.7. The second-order valence-electron chi connectivity index (χ2n) is 7.75. The average molecular weight is 489 g/mol. The molecule has 0 heterocycles. The molecule has 8 nitrogen and oxygen atoms in total. The highest BCUT2D eigenvalue weighted by Crippen LogP contribution is 2.39. The highest BCUT2D eigenvalue weighted by Gasteiger charge is 2.19. The molecule has 0 spiro atoms. The van der Waals surface area contributed by atoms with Gasteiger partial charge in [-0.25, -0.2) is 13.1 Å². The van der Waals surface area contributed by atoms with E-state index in [0.29, 0.717) is 35.1 Å². The highest BCUT2D eigenvalue weighted by molar-refractivity contribution is 7.89. The molecule has 0 radical (unpaired) electrons. The van der Waals surface area contributed by atoms with Gasteiger partial charge in [-0.2, -0.15) is 5.11 Å². The summed E-state index contributed by atoms with van der Waals surface area (Å²) in [6.07, 6.45) is 0.686. The summed E-state index contributed by atoms with van der Waals surface area (Å²) in [5, 5.41) is 23.4. The lowest BCUT2D eigenvalue weighted by molar-refractivity contribution is 0.102. The minimum absolute atomic E-state index is 0.0601. The van der Waals surface area contributed by atoms with Crippen LogP contribution in [0.2, 0.25) is 0 Å². The smallest absolute Gasteiger partial charge is 0.259 e. The number of sulfonamides is 1. The number of fused-ring (bicyclic) bond motifs is 1. The van der Waals surface area contributed by atoms with E-state index in [1.54, 1.807) is 42.5 Å². The van der Waals surface area contributed by atoms with Gasteiger partial charge >= 0.3 is 0 Å².